The molecule has 4 bridgehead atoms. The third kappa shape index (κ3) is 4.17. The van der Waals surface area contributed by atoms with E-state index in [0.29, 0.717) is 10.6 Å². The number of aliphatic hydroxyl groups excluding tert-OH is 1. The van der Waals surface area contributed by atoms with Crippen LogP contribution in [0.25, 0.3) is 11.0 Å². The molecule has 9 heteroatoms. The quantitative estimate of drug-likeness (QED) is 0.637. The van der Waals surface area contributed by atoms with Gasteiger partial charge in [0.05, 0.1) is 17.2 Å². The molecule has 1 aromatic heterocycles. The number of nitrogens with zero attached hydrogens (tertiary/aromatic N) is 3. The first-order chi connectivity index (χ1) is 15.0. The summed E-state index contributed by atoms with van der Waals surface area (Å²) < 4.78 is 42.3. The Morgan fingerprint density at radius 1 is 1.34 bits per heavy atom. The third-order valence-electron chi connectivity index (χ3n) is 7.50. The minimum absolute atomic E-state index is 0.0807. The number of aliphatic hydroxyl groups is 1. The van der Waals surface area contributed by atoms with Gasteiger partial charge in [0.1, 0.15) is 0 Å². The molecule has 4 fully saturated rings. The molecule has 2 unspecified atom stereocenters. The van der Waals surface area contributed by atoms with Crippen molar-refractivity contribution in [3.8, 4) is 0 Å². The van der Waals surface area contributed by atoms with Crippen LogP contribution in [0.5, 0.6) is 0 Å². The number of hydrogen-bond donors (Lipinski definition) is 2. The number of hydrogen-bond acceptors (Lipinski definition) is 3. The highest BCUT2D eigenvalue weighted by molar-refractivity contribution is 5.95. The second-order valence-electron chi connectivity index (χ2n) is 10.6. The van der Waals surface area contributed by atoms with E-state index < -0.39 is 28.8 Å². The van der Waals surface area contributed by atoms with E-state index in [0.717, 1.165) is 38.3 Å². The lowest BCUT2D eigenvalue weighted by Crippen LogP contribution is -2.60. The van der Waals surface area contributed by atoms with Crippen LogP contribution in [-0.4, -0.2) is 40.0 Å². The number of rotatable bonds is 6. The minimum atomic E-state index is -4.76. The Morgan fingerprint density at radius 3 is 2.56 bits per heavy atom. The first-order valence-corrected chi connectivity index (χ1v) is 11.1. The van der Waals surface area contributed by atoms with E-state index in [9.17, 15) is 23.1 Å². The fourth-order valence-electron chi connectivity index (χ4n) is 6.30. The summed E-state index contributed by atoms with van der Waals surface area (Å²) in [4.78, 5) is 16.3. The Bertz CT molecular complexity index is 943. The zero-order chi connectivity index (χ0) is 23.3. The predicted molar refractivity (Wildman–Crippen MR) is 112 cm³/mol. The van der Waals surface area contributed by atoms with E-state index in [-0.39, 0.29) is 36.4 Å². The summed E-state index contributed by atoms with van der Waals surface area (Å²) in [6.45, 7) is 10.7. The summed E-state index contributed by atoms with van der Waals surface area (Å²) in [6.07, 6.45) is 3.43. The van der Waals surface area contributed by atoms with Crippen molar-refractivity contribution in [3.05, 3.63) is 34.9 Å². The molecular formula is C23H29F3N4O2. The van der Waals surface area contributed by atoms with Gasteiger partial charge in [0.15, 0.2) is 5.69 Å². The third-order valence-corrected chi connectivity index (χ3v) is 7.50. The summed E-state index contributed by atoms with van der Waals surface area (Å²) in [5.41, 5.74) is -2.30. The molecule has 174 valence electrons. The Labute approximate surface area is 185 Å². The first-order valence-electron chi connectivity index (χ1n) is 11.1. The summed E-state index contributed by atoms with van der Waals surface area (Å²) in [5, 5.41) is 16.6. The Kier molecular flexibility index (Phi) is 5.64. The maximum Gasteiger partial charge on any atom is 0.434 e. The number of amides is 1. The first kappa shape index (κ1) is 22.8. The molecule has 1 amide bonds. The summed E-state index contributed by atoms with van der Waals surface area (Å²) in [7, 11) is 0. The molecule has 0 aliphatic heterocycles. The molecule has 0 spiro atoms. The number of aromatic nitrogens is 2. The van der Waals surface area contributed by atoms with Gasteiger partial charge in [0, 0.05) is 18.8 Å². The highest BCUT2D eigenvalue weighted by Crippen LogP contribution is 2.59. The molecule has 2 atom stereocenters. The van der Waals surface area contributed by atoms with Gasteiger partial charge in [-0.05, 0) is 69.1 Å². The van der Waals surface area contributed by atoms with Crippen molar-refractivity contribution in [2.24, 2.45) is 28.6 Å². The van der Waals surface area contributed by atoms with Gasteiger partial charge in [-0.3, -0.25) is 4.79 Å². The van der Waals surface area contributed by atoms with Crippen LogP contribution in [0.1, 0.15) is 62.0 Å². The number of carbonyl (C=O) groups excluding carboxylic acids is 1. The lowest BCUT2D eigenvalue weighted by atomic mass is 9.48. The van der Waals surface area contributed by atoms with Gasteiger partial charge in [-0.25, -0.2) is 11.3 Å². The molecule has 4 saturated carbocycles. The second-order valence-corrected chi connectivity index (χ2v) is 10.6. The lowest BCUT2D eigenvalue weighted by Gasteiger charge is -2.59. The number of nitrogens with one attached hydrogen (secondary N) is 1. The van der Waals surface area contributed by atoms with Crippen molar-refractivity contribution < 1.29 is 23.1 Å². The van der Waals surface area contributed by atoms with Gasteiger partial charge in [-0.15, -0.1) is 0 Å². The second kappa shape index (κ2) is 7.91. The average molecular weight is 451 g/mol. The van der Waals surface area contributed by atoms with Gasteiger partial charge in [-0.1, -0.05) is 6.08 Å². The van der Waals surface area contributed by atoms with Gasteiger partial charge in [0.2, 0.25) is 6.54 Å². The molecular weight excluding hydrogens is 421 g/mol. The Morgan fingerprint density at radius 2 is 2.00 bits per heavy atom. The Balaban J connectivity index is 1.56. The number of alkyl halides is 3. The molecule has 1 aromatic rings. The number of carbonyl (C=O) groups is 1. The van der Waals surface area contributed by atoms with Crippen LogP contribution in [0.15, 0.2) is 12.3 Å². The maximum absolute atomic E-state index is 13.9. The Hall–Kier alpha value is -2.34. The zero-order valence-corrected chi connectivity index (χ0v) is 18.3. The van der Waals surface area contributed by atoms with Crippen LogP contribution in [-0.2, 0) is 6.18 Å². The molecule has 0 aromatic carbocycles. The van der Waals surface area contributed by atoms with Crippen molar-refractivity contribution in [1.82, 2.24) is 15.1 Å². The van der Waals surface area contributed by atoms with E-state index in [1.807, 2.05) is 0 Å². The van der Waals surface area contributed by atoms with Crippen molar-refractivity contribution >= 4 is 12.1 Å². The van der Waals surface area contributed by atoms with Crippen molar-refractivity contribution in [3.63, 3.8) is 0 Å². The molecule has 1 heterocycles. The SMILES string of the molecule is [C-]#[N+]CC(C)(C)C=Cn1ncc(C(=O)NC2C3CC4CC2CC(CO)(C4)C3)c1C(F)(F)F. The smallest absolute Gasteiger partial charge is 0.396 e. The standard InChI is InChI=1S/C23H29F3N4O2/c1-21(2,12-27-3)4-5-30-19(23(24,25)26)17(11-28-30)20(32)29-18-15-6-14-7-16(18)10-22(8-14,9-15)13-31/h4-5,11,14-16,18,31H,6-10,12-13H2,1-2H3,(H,29,32). The maximum atomic E-state index is 13.9. The molecule has 5 rings (SSSR count). The van der Waals surface area contributed by atoms with Crippen LogP contribution in [0.3, 0.4) is 0 Å². The van der Waals surface area contributed by atoms with Crippen LogP contribution in [0.2, 0.25) is 0 Å². The lowest BCUT2D eigenvalue weighted by molar-refractivity contribution is -0.142. The van der Waals surface area contributed by atoms with Gasteiger partial charge in [0.25, 0.3) is 5.91 Å². The summed E-state index contributed by atoms with van der Waals surface area (Å²) in [6, 6.07) is -0.170. The molecule has 32 heavy (non-hydrogen) atoms. The topological polar surface area (TPSA) is 71.5 Å². The minimum Gasteiger partial charge on any atom is -0.396 e. The van der Waals surface area contributed by atoms with Crippen LogP contribution < -0.4 is 5.32 Å². The fraction of sp³-hybridized carbons (Fsp3) is 0.696. The highest BCUT2D eigenvalue weighted by atomic mass is 19.4. The monoisotopic (exact) mass is 450 g/mol. The summed E-state index contributed by atoms with van der Waals surface area (Å²) >= 11 is 0. The normalized spacial score (nSPS) is 31.8. The highest BCUT2D eigenvalue weighted by Gasteiger charge is 2.55. The van der Waals surface area contributed by atoms with Gasteiger partial charge in [-0.2, -0.15) is 18.3 Å². The fourth-order valence-corrected chi connectivity index (χ4v) is 6.30. The van der Waals surface area contributed by atoms with Crippen LogP contribution in [0, 0.1) is 35.2 Å². The molecule has 4 aliphatic rings. The molecule has 0 saturated heterocycles. The van der Waals surface area contributed by atoms with E-state index in [4.69, 9.17) is 6.57 Å². The summed E-state index contributed by atoms with van der Waals surface area (Å²) in [5.74, 6) is 0.158. The van der Waals surface area contributed by atoms with E-state index in [2.05, 4.69) is 15.3 Å². The van der Waals surface area contributed by atoms with Gasteiger partial charge >= 0.3 is 6.18 Å². The van der Waals surface area contributed by atoms with Crippen molar-refractivity contribution in [2.45, 2.75) is 58.2 Å². The zero-order valence-electron chi connectivity index (χ0n) is 18.3. The van der Waals surface area contributed by atoms with E-state index >= 15 is 0 Å². The molecule has 2 N–H and O–H groups in total. The largest absolute Gasteiger partial charge is 0.434 e. The molecule has 4 aliphatic carbocycles. The average Bonchev–Trinajstić information content (AvgIpc) is 3.13. The van der Waals surface area contributed by atoms with Crippen LogP contribution >= 0.6 is 0 Å². The predicted octanol–water partition coefficient (Wildman–Crippen LogP) is 4.24. The van der Waals surface area contributed by atoms with E-state index in [1.54, 1.807) is 13.8 Å². The van der Waals surface area contributed by atoms with Gasteiger partial charge < -0.3 is 15.3 Å². The van der Waals surface area contributed by atoms with Crippen molar-refractivity contribution in [1.29, 1.82) is 0 Å². The van der Waals surface area contributed by atoms with Crippen LogP contribution in [0.4, 0.5) is 13.2 Å². The molecule has 6 nitrogen and oxygen atoms in total. The molecule has 0 radical (unpaired) electrons. The number of halogens is 3. The van der Waals surface area contributed by atoms with E-state index in [1.165, 1.54) is 12.3 Å². The van der Waals surface area contributed by atoms with Crippen molar-refractivity contribution in [2.75, 3.05) is 13.2 Å².